The Balaban J connectivity index is 2.95. The van der Waals surface area contributed by atoms with Gasteiger partial charge in [0.15, 0.2) is 0 Å². The van der Waals surface area contributed by atoms with Gasteiger partial charge in [-0.3, -0.25) is 0 Å². The fourth-order valence-corrected chi connectivity index (χ4v) is 0.941. The molecule has 0 unspecified atom stereocenters. The molecule has 0 N–H and O–H groups in total. The van der Waals surface area contributed by atoms with Gasteiger partial charge in [0.2, 0.25) is 0 Å². The average Bonchev–Trinajstić information content (AvgIpc) is 2.39. The van der Waals surface area contributed by atoms with E-state index < -0.39 is 0 Å². The summed E-state index contributed by atoms with van der Waals surface area (Å²) in [6.45, 7) is 4.06. The Morgan fingerprint density at radius 3 is 1.89 bits per heavy atom. The molecule has 0 saturated carbocycles. The molecule has 0 aromatic rings. The van der Waals surface area contributed by atoms with E-state index in [1.54, 1.807) is 0 Å². The first-order chi connectivity index (χ1) is 8.91. The highest BCUT2D eigenvalue weighted by Gasteiger charge is 1.91. The topological polar surface area (TPSA) is 85.7 Å². The molecule has 102 valence electrons. The Bertz CT molecular complexity index is 262. The zero-order valence-electron chi connectivity index (χ0n) is 10.4. The van der Waals surface area contributed by atoms with Gasteiger partial charge < -0.3 is 18.9 Å². The molecule has 0 fully saturated rings. The minimum atomic E-state index is 0.313. The van der Waals surface area contributed by atoms with Crippen LogP contribution < -0.4 is 0 Å². The molecule has 0 heterocycles. The van der Waals surface area contributed by atoms with Crippen LogP contribution in [-0.2, 0) is 18.9 Å². The van der Waals surface area contributed by atoms with Crippen LogP contribution in [0.1, 0.15) is 0 Å². The van der Waals surface area contributed by atoms with Crippen molar-refractivity contribution in [3.05, 3.63) is 10.4 Å². The largest absolute Gasteiger partial charge is 0.379 e. The second-order valence-corrected chi connectivity index (χ2v) is 3.05. The van der Waals surface area contributed by atoms with E-state index in [0.717, 1.165) is 0 Å². The molecule has 18 heavy (non-hydrogen) atoms. The van der Waals surface area contributed by atoms with Crippen LogP contribution in [0.2, 0.25) is 0 Å². The third-order valence-corrected chi connectivity index (χ3v) is 1.70. The molecular weight excluding hydrogens is 238 g/mol. The van der Waals surface area contributed by atoms with Gasteiger partial charge in [0.1, 0.15) is 6.61 Å². The highest BCUT2D eigenvalue weighted by Crippen LogP contribution is 1.83. The molecule has 0 atom stereocenters. The number of hydrogen-bond acceptors (Lipinski definition) is 5. The molecule has 0 aliphatic heterocycles. The van der Waals surface area contributed by atoms with Gasteiger partial charge in [0, 0.05) is 11.5 Å². The lowest BCUT2D eigenvalue weighted by Gasteiger charge is -2.06. The molecular formula is C11H19N3O4. The van der Waals surface area contributed by atoms with Crippen molar-refractivity contribution >= 4 is 0 Å². The molecule has 0 spiro atoms. The van der Waals surface area contributed by atoms with Gasteiger partial charge in [-0.25, -0.2) is 0 Å². The normalized spacial score (nSPS) is 9.72. The Kier molecular flexibility index (Phi) is 14.6. The van der Waals surface area contributed by atoms with Crippen LogP contribution in [0.4, 0.5) is 0 Å². The SMILES string of the molecule is C#CCOCCOCCOCCOCCN=[N+]=[N-]. The summed E-state index contributed by atoms with van der Waals surface area (Å²) in [5.41, 5.74) is 8.00. The van der Waals surface area contributed by atoms with E-state index in [1.807, 2.05) is 0 Å². The number of terminal acetylenes is 1. The highest BCUT2D eigenvalue weighted by atomic mass is 16.6. The molecule has 7 nitrogen and oxygen atoms in total. The molecule has 7 heteroatoms. The molecule has 0 aliphatic carbocycles. The van der Waals surface area contributed by atoms with Crippen molar-refractivity contribution in [1.29, 1.82) is 0 Å². The Labute approximate surface area is 107 Å². The van der Waals surface area contributed by atoms with Crippen molar-refractivity contribution in [3.8, 4) is 12.3 Å². The van der Waals surface area contributed by atoms with E-state index in [0.29, 0.717) is 59.4 Å². The Morgan fingerprint density at radius 2 is 1.39 bits per heavy atom. The maximum Gasteiger partial charge on any atom is 0.107 e. The Morgan fingerprint density at radius 1 is 0.889 bits per heavy atom. The molecule has 0 bridgehead atoms. The number of rotatable bonds is 13. The summed E-state index contributed by atoms with van der Waals surface area (Å²) in [7, 11) is 0. The van der Waals surface area contributed by atoms with Crippen LogP contribution >= 0.6 is 0 Å². The first kappa shape index (κ1) is 16.7. The molecule has 0 aromatic heterocycles. The maximum atomic E-state index is 8.00. The molecule has 0 aromatic carbocycles. The van der Waals surface area contributed by atoms with Crippen LogP contribution in [0.15, 0.2) is 5.11 Å². The number of ether oxygens (including phenoxy) is 4. The van der Waals surface area contributed by atoms with Crippen LogP contribution in [0.3, 0.4) is 0 Å². The van der Waals surface area contributed by atoms with E-state index in [2.05, 4.69) is 15.9 Å². The monoisotopic (exact) mass is 257 g/mol. The van der Waals surface area contributed by atoms with E-state index in [9.17, 15) is 0 Å². The van der Waals surface area contributed by atoms with E-state index in [-0.39, 0.29) is 0 Å². The van der Waals surface area contributed by atoms with Crippen molar-refractivity contribution in [1.82, 2.24) is 0 Å². The summed E-state index contributed by atoms with van der Waals surface area (Å²) in [6, 6.07) is 0. The lowest BCUT2D eigenvalue weighted by atomic mass is 10.7. The molecule has 0 amide bonds. The van der Waals surface area contributed by atoms with Gasteiger partial charge in [0.05, 0.1) is 46.2 Å². The molecule has 0 rings (SSSR count). The number of nitrogens with zero attached hydrogens (tertiary/aromatic N) is 3. The van der Waals surface area contributed by atoms with Crippen molar-refractivity contribution in [3.63, 3.8) is 0 Å². The third kappa shape index (κ3) is 14.7. The summed E-state index contributed by atoms with van der Waals surface area (Å²) in [5.74, 6) is 2.37. The van der Waals surface area contributed by atoms with Gasteiger partial charge in [-0.05, 0) is 5.53 Å². The molecule has 0 aliphatic rings. The van der Waals surface area contributed by atoms with E-state index in [4.69, 9.17) is 30.9 Å². The summed E-state index contributed by atoms with van der Waals surface area (Å²) in [5, 5.41) is 3.33. The first-order valence-electron chi connectivity index (χ1n) is 5.67. The van der Waals surface area contributed by atoms with Crippen molar-refractivity contribution in [2.24, 2.45) is 5.11 Å². The molecule has 0 saturated heterocycles. The predicted octanol–water partition coefficient (Wildman–Crippen LogP) is 0.996. The summed E-state index contributed by atoms with van der Waals surface area (Å²) < 4.78 is 20.6. The molecule has 0 radical (unpaired) electrons. The van der Waals surface area contributed by atoms with Gasteiger partial charge in [0.25, 0.3) is 0 Å². The fraction of sp³-hybridized carbons (Fsp3) is 0.818. The summed E-state index contributed by atoms with van der Waals surface area (Å²) >= 11 is 0. The van der Waals surface area contributed by atoms with E-state index >= 15 is 0 Å². The van der Waals surface area contributed by atoms with Gasteiger partial charge in [-0.15, -0.1) is 6.42 Å². The lowest BCUT2D eigenvalue weighted by Crippen LogP contribution is -2.12. The smallest absolute Gasteiger partial charge is 0.107 e. The minimum absolute atomic E-state index is 0.313. The maximum absolute atomic E-state index is 8.00. The van der Waals surface area contributed by atoms with Crippen LogP contribution in [0.5, 0.6) is 0 Å². The zero-order chi connectivity index (χ0) is 13.3. The second-order valence-electron chi connectivity index (χ2n) is 3.05. The first-order valence-corrected chi connectivity index (χ1v) is 5.67. The number of hydrogen-bond donors (Lipinski definition) is 0. The van der Waals surface area contributed by atoms with Gasteiger partial charge >= 0.3 is 0 Å². The van der Waals surface area contributed by atoms with Crippen LogP contribution in [-0.4, -0.2) is 59.4 Å². The third-order valence-electron chi connectivity index (χ3n) is 1.70. The quantitative estimate of drug-likeness (QED) is 0.162. The second kappa shape index (κ2) is 15.7. The summed E-state index contributed by atoms with van der Waals surface area (Å²) in [4.78, 5) is 2.61. The van der Waals surface area contributed by atoms with Crippen molar-refractivity contribution in [2.45, 2.75) is 0 Å². The van der Waals surface area contributed by atoms with Crippen LogP contribution in [0.25, 0.3) is 10.4 Å². The predicted molar refractivity (Wildman–Crippen MR) is 66.1 cm³/mol. The zero-order valence-corrected chi connectivity index (χ0v) is 10.4. The van der Waals surface area contributed by atoms with Gasteiger partial charge in [-0.1, -0.05) is 11.0 Å². The van der Waals surface area contributed by atoms with Gasteiger partial charge in [-0.2, -0.15) is 0 Å². The Hall–Kier alpha value is -1.29. The van der Waals surface area contributed by atoms with Crippen molar-refractivity contribution in [2.75, 3.05) is 59.4 Å². The van der Waals surface area contributed by atoms with Crippen LogP contribution in [0, 0.1) is 12.3 Å². The van der Waals surface area contributed by atoms with E-state index in [1.165, 1.54) is 0 Å². The minimum Gasteiger partial charge on any atom is -0.379 e. The average molecular weight is 257 g/mol. The fourth-order valence-electron chi connectivity index (χ4n) is 0.941. The van der Waals surface area contributed by atoms with Crippen molar-refractivity contribution < 1.29 is 18.9 Å². The lowest BCUT2D eigenvalue weighted by molar-refractivity contribution is 0.00224. The number of azide groups is 1. The highest BCUT2D eigenvalue weighted by molar-refractivity contribution is 4.82. The summed E-state index contributed by atoms with van der Waals surface area (Å²) in [6.07, 6.45) is 5.00. The standard InChI is InChI=1S/C11H19N3O4/c1-2-4-15-6-8-17-10-11-18-9-7-16-5-3-13-14-12/h1H,3-11H2.